The molecule has 0 aliphatic heterocycles. The van der Waals surface area contributed by atoms with Crippen LogP contribution in [0.15, 0.2) is 61.3 Å². The van der Waals surface area contributed by atoms with E-state index < -0.39 is 4.92 Å². The molecule has 0 aliphatic rings. The third kappa shape index (κ3) is 7.23. The predicted molar refractivity (Wildman–Crippen MR) is 125 cm³/mol. The van der Waals surface area contributed by atoms with E-state index in [0.717, 1.165) is 5.69 Å². The summed E-state index contributed by atoms with van der Waals surface area (Å²) in [5.41, 5.74) is 1.65. The Morgan fingerprint density at radius 3 is 2.41 bits per heavy atom. The third-order valence-corrected chi connectivity index (χ3v) is 4.85. The number of aromatic nitrogens is 1. The smallest absolute Gasteiger partial charge is 0.269 e. The second kappa shape index (κ2) is 11.6. The van der Waals surface area contributed by atoms with Crippen LogP contribution in [0.1, 0.15) is 25.1 Å². The Morgan fingerprint density at radius 2 is 1.88 bits per heavy atom. The van der Waals surface area contributed by atoms with Gasteiger partial charge in [-0.2, -0.15) is 0 Å². The lowest BCUT2D eigenvalue weighted by Crippen LogP contribution is -2.43. The van der Waals surface area contributed by atoms with Crippen molar-refractivity contribution in [2.45, 2.75) is 20.4 Å². The van der Waals surface area contributed by atoms with Gasteiger partial charge in [0.1, 0.15) is 6.54 Å². The van der Waals surface area contributed by atoms with Crippen LogP contribution in [-0.4, -0.2) is 50.7 Å². The van der Waals surface area contributed by atoms with E-state index in [1.807, 2.05) is 43.8 Å². The van der Waals surface area contributed by atoms with E-state index in [0.29, 0.717) is 18.7 Å². The summed E-state index contributed by atoms with van der Waals surface area (Å²) in [7, 11) is 1.93. The fourth-order valence-corrected chi connectivity index (χ4v) is 3.18. The molecule has 0 unspecified atom stereocenters. The summed E-state index contributed by atoms with van der Waals surface area (Å²) >= 11 is 0. The molecule has 0 radical (unpaired) electrons. The molecule has 2 aromatic rings. The number of nitrogens with zero attached hydrogens (tertiary/aromatic N) is 4. The summed E-state index contributed by atoms with van der Waals surface area (Å²) in [5, 5.41) is 10.8. The molecule has 0 N–H and O–H groups in total. The maximum Gasteiger partial charge on any atom is 0.269 e. The first-order valence-electron chi connectivity index (χ1n) is 10.4. The minimum absolute atomic E-state index is 0.0178. The Morgan fingerprint density at radius 1 is 1.19 bits per heavy atom. The minimum Gasteiger partial charge on any atom is -0.353 e. The summed E-state index contributed by atoms with van der Waals surface area (Å²) in [6.07, 6.45) is 6.45. The zero-order valence-electron chi connectivity index (χ0n) is 18.8. The summed E-state index contributed by atoms with van der Waals surface area (Å²) in [6, 6.07) is 9.79. The van der Waals surface area contributed by atoms with E-state index in [1.165, 1.54) is 23.1 Å². The van der Waals surface area contributed by atoms with Crippen molar-refractivity contribution in [1.29, 1.82) is 0 Å². The van der Waals surface area contributed by atoms with Crippen molar-refractivity contribution in [2.75, 3.05) is 19.6 Å². The molecule has 0 fully saturated rings. The normalized spacial score (nSPS) is 11.0. The van der Waals surface area contributed by atoms with Gasteiger partial charge < -0.3 is 14.4 Å². The van der Waals surface area contributed by atoms with Gasteiger partial charge in [-0.1, -0.05) is 19.9 Å². The van der Waals surface area contributed by atoms with Crippen molar-refractivity contribution in [1.82, 2.24) is 14.4 Å². The largest absolute Gasteiger partial charge is 0.353 e. The van der Waals surface area contributed by atoms with Crippen LogP contribution in [0, 0.1) is 16.0 Å². The molecule has 0 bridgehead atoms. The van der Waals surface area contributed by atoms with E-state index in [9.17, 15) is 19.7 Å². The van der Waals surface area contributed by atoms with Crippen LogP contribution in [0.4, 0.5) is 5.69 Å². The molecule has 0 saturated heterocycles. The first-order valence-corrected chi connectivity index (χ1v) is 10.4. The number of benzene rings is 1. The van der Waals surface area contributed by atoms with Gasteiger partial charge in [-0.25, -0.2) is 0 Å². The molecule has 32 heavy (non-hydrogen) atoms. The molecule has 0 atom stereocenters. The highest BCUT2D eigenvalue weighted by Gasteiger charge is 2.21. The molecule has 8 nitrogen and oxygen atoms in total. The second-order valence-corrected chi connectivity index (χ2v) is 7.97. The molecule has 0 spiro atoms. The quantitative estimate of drug-likeness (QED) is 0.232. The van der Waals surface area contributed by atoms with Gasteiger partial charge in [-0.05, 0) is 41.8 Å². The molecule has 1 aromatic heterocycles. The lowest BCUT2D eigenvalue weighted by atomic mass is 10.2. The van der Waals surface area contributed by atoms with Gasteiger partial charge in [0, 0.05) is 50.2 Å². The van der Waals surface area contributed by atoms with Crippen molar-refractivity contribution < 1.29 is 14.5 Å². The van der Waals surface area contributed by atoms with Gasteiger partial charge in [0.05, 0.1) is 11.5 Å². The van der Waals surface area contributed by atoms with Crippen LogP contribution >= 0.6 is 0 Å². The molecule has 2 amide bonds. The average molecular weight is 439 g/mol. The molecular weight excluding hydrogens is 408 g/mol. The maximum atomic E-state index is 13.1. The Bertz CT molecular complexity index is 976. The molecule has 8 heteroatoms. The average Bonchev–Trinajstić information content (AvgIpc) is 3.15. The van der Waals surface area contributed by atoms with Crippen molar-refractivity contribution in [3.05, 3.63) is 82.7 Å². The van der Waals surface area contributed by atoms with Gasteiger partial charge in [0.15, 0.2) is 0 Å². The van der Waals surface area contributed by atoms with E-state index >= 15 is 0 Å². The fourth-order valence-electron chi connectivity index (χ4n) is 3.18. The Kier molecular flexibility index (Phi) is 8.95. The van der Waals surface area contributed by atoms with E-state index in [1.54, 1.807) is 29.2 Å². The summed E-state index contributed by atoms with van der Waals surface area (Å²) < 4.78 is 1.97. The van der Waals surface area contributed by atoms with Crippen molar-refractivity contribution in [3.8, 4) is 0 Å². The Labute approximate surface area is 188 Å². The Balaban J connectivity index is 2.10. The number of carbonyl (C=O) groups excluding carboxylic acids is 2. The molecule has 170 valence electrons. The van der Waals surface area contributed by atoms with Crippen molar-refractivity contribution >= 4 is 23.6 Å². The van der Waals surface area contributed by atoms with Gasteiger partial charge in [-0.3, -0.25) is 19.7 Å². The summed E-state index contributed by atoms with van der Waals surface area (Å²) in [4.78, 5) is 39.3. The summed E-state index contributed by atoms with van der Waals surface area (Å²) in [5.74, 6) is -0.191. The molecular formula is C24H30N4O4. The molecule has 1 heterocycles. The van der Waals surface area contributed by atoms with E-state index in [-0.39, 0.29) is 36.5 Å². The van der Waals surface area contributed by atoms with E-state index in [2.05, 4.69) is 6.58 Å². The van der Waals surface area contributed by atoms with Crippen LogP contribution in [-0.2, 0) is 23.2 Å². The molecule has 0 aliphatic carbocycles. The number of nitro benzene ring substituents is 1. The van der Waals surface area contributed by atoms with Crippen LogP contribution < -0.4 is 0 Å². The topological polar surface area (TPSA) is 88.7 Å². The zero-order chi connectivity index (χ0) is 23.7. The monoisotopic (exact) mass is 438 g/mol. The highest BCUT2D eigenvalue weighted by atomic mass is 16.6. The first kappa shape index (κ1) is 24.6. The third-order valence-electron chi connectivity index (χ3n) is 4.85. The van der Waals surface area contributed by atoms with Gasteiger partial charge in [-0.15, -0.1) is 6.58 Å². The standard InChI is InChI=1S/C24H30N4O4/c1-5-14-26(23(29)13-10-20-8-11-21(12-9-20)28(31)32)18-24(30)27(16-19(2)3)17-22-7-6-15-25(22)4/h5-13,15,19H,1,14,16-18H2,2-4H3. The predicted octanol–water partition coefficient (Wildman–Crippen LogP) is 3.65. The van der Waals surface area contributed by atoms with Crippen LogP contribution in [0.5, 0.6) is 0 Å². The number of hydrogen-bond acceptors (Lipinski definition) is 4. The zero-order valence-corrected chi connectivity index (χ0v) is 18.8. The SMILES string of the molecule is C=CCN(CC(=O)N(Cc1cccn1C)CC(C)C)C(=O)C=Cc1ccc([N+](=O)[O-])cc1. The number of hydrogen-bond donors (Lipinski definition) is 0. The van der Waals surface area contributed by atoms with Crippen molar-refractivity contribution in [3.63, 3.8) is 0 Å². The number of rotatable bonds is 11. The number of amides is 2. The lowest BCUT2D eigenvalue weighted by Gasteiger charge is -2.28. The van der Waals surface area contributed by atoms with E-state index in [4.69, 9.17) is 0 Å². The molecule has 1 aromatic carbocycles. The summed E-state index contributed by atoms with van der Waals surface area (Å²) in [6.45, 7) is 9.00. The van der Waals surface area contributed by atoms with Gasteiger partial charge in [0.2, 0.25) is 11.8 Å². The second-order valence-electron chi connectivity index (χ2n) is 7.97. The van der Waals surface area contributed by atoms with Crippen LogP contribution in [0.25, 0.3) is 6.08 Å². The van der Waals surface area contributed by atoms with Crippen molar-refractivity contribution in [2.24, 2.45) is 13.0 Å². The maximum absolute atomic E-state index is 13.1. The van der Waals surface area contributed by atoms with Gasteiger partial charge in [0.25, 0.3) is 5.69 Å². The highest BCUT2D eigenvalue weighted by molar-refractivity contribution is 5.94. The number of nitro groups is 1. The lowest BCUT2D eigenvalue weighted by molar-refractivity contribution is -0.384. The Hall–Kier alpha value is -3.68. The number of non-ortho nitro benzene ring substituents is 1. The fraction of sp³-hybridized carbons (Fsp3) is 0.333. The number of carbonyl (C=O) groups is 2. The highest BCUT2D eigenvalue weighted by Crippen LogP contribution is 2.13. The minimum atomic E-state index is -0.478. The molecule has 2 rings (SSSR count). The first-order chi connectivity index (χ1) is 15.2. The van der Waals surface area contributed by atoms with Gasteiger partial charge >= 0.3 is 0 Å². The molecule has 0 saturated carbocycles. The number of aryl methyl sites for hydroxylation is 1. The van der Waals surface area contributed by atoms with Crippen LogP contribution in [0.2, 0.25) is 0 Å². The van der Waals surface area contributed by atoms with Crippen LogP contribution in [0.3, 0.4) is 0 Å².